The highest BCUT2D eigenvalue weighted by atomic mass is 16.6. The maximum atomic E-state index is 13.2. The van der Waals surface area contributed by atoms with E-state index in [1.807, 2.05) is 30.3 Å². The van der Waals surface area contributed by atoms with Gasteiger partial charge in [-0.25, -0.2) is 4.79 Å². The predicted octanol–water partition coefficient (Wildman–Crippen LogP) is 5.31. The molecular formula is C37H41N7O3. The van der Waals surface area contributed by atoms with Crippen LogP contribution in [0.25, 0.3) is 10.8 Å². The molecule has 4 aromatic rings. The number of nitriles is 1. The summed E-state index contributed by atoms with van der Waals surface area (Å²) in [7, 11) is 0. The Bertz CT molecular complexity index is 1730. The Morgan fingerprint density at radius 1 is 0.979 bits per heavy atom. The Morgan fingerprint density at radius 2 is 1.83 bits per heavy atom. The summed E-state index contributed by atoms with van der Waals surface area (Å²) in [6.07, 6.45) is 2.86. The van der Waals surface area contributed by atoms with Crippen molar-refractivity contribution < 1.29 is 14.3 Å². The molecule has 3 aliphatic rings. The topological polar surface area (TPSA) is 107 Å². The molecule has 10 heteroatoms. The standard InChI is InChI=1S/C37H41N7O3/c38-17-15-30-23-43(20-21-44(30)37(45)47-25-27-8-2-1-3-9-27)35-32-16-19-42(34-14-6-12-29-11-4-5-13-31(29)34)24-33(32)40-36(41-35)46-26-28-10-7-18-39-22-28/h1-6,8-9,11-14,28,30,39H,7,10,15-16,18-26H2. The number of carbonyl (C=O) groups excluding carboxylic acids is 1. The van der Waals surface area contributed by atoms with Gasteiger partial charge in [0.15, 0.2) is 0 Å². The molecule has 0 spiro atoms. The van der Waals surface area contributed by atoms with Crippen LogP contribution in [0.2, 0.25) is 0 Å². The number of benzene rings is 3. The first-order chi connectivity index (χ1) is 23.2. The maximum Gasteiger partial charge on any atom is 0.410 e. The third-order valence-corrected chi connectivity index (χ3v) is 9.53. The minimum absolute atomic E-state index is 0.197. The van der Waals surface area contributed by atoms with Crippen molar-refractivity contribution in [3.8, 4) is 12.1 Å². The van der Waals surface area contributed by atoms with Gasteiger partial charge in [-0.1, -0.05) is 66.7 Å². The number of anilines is 2. The molecule has 0 saturated carbocycles. The molecule has 2 unspecified atom stereocenters. The largest absolute Gasteiger partial charge is 0.463 e. The van der Waals surface area contributed by atoms with Crippen LogP contribution in [0.3, 0.4) is 0 Å². The second kappa shape index (κ2) is 14.3. The van der Waals surface area contributed by atoms with Crippen LogP contribution >= 0.6 is 0 Å². The fourth-order valence-corrected chi connectivity index (χ4v) is 7.03. The Morgan fingerprint density at radius 3 is 2.68 bits per heavy atom. The first-order valence-electron chi connectivity index (χ1n) is 16.7. The highest BCUT2D eigenvalue weighted by molar-refractivity contribution is 5.94. The molecule has 2 saturated heterocycles. The minimum Gasteiger partial charge on any atom is -0.463 e. The molecule has 1 N–H and O–H groups in total. The van der Waals surface area contributed by atoms with E-state index in [4.69, 9.17) is 19.4 Å². The highest BCUT2D eigenvalue weighted by Crippen LogP contribution is 2.35. The highest BCUT2D eigenvalue weighted by Gasteiger charge is 2.35. The zero-order valence-electron chi connectivity index (χ0n) is 26.7. The van der Waals surface area contributed by atoms with Gasteiger partial charge < -0.3 is 29.5 Å². The van der Waals surface area contributed by atoms with E-state index in [1.54, 1.807) is 4.90 Å². The molecule has 10 nitrogen and oxygen atoms in total. The molecular weight excluding hydrogens is 590 g/mol. The van der Waals surface area contributed by atoms with Crippen molar-refractivity contribution >= 4 is 28.4 Å². The fraction of sp³-hybridized carbons (Fsp3) is 0.405. The Hall–Kier alpha value is -4.88. The number of rotatable bonds is 8. The number of fused-ring (bicyclic) bond motifs is 2. The number of ether oxygens (including phenoxy) is 2. The number of hydrogen-bond donors (Lipinski definition) is 1. The maximum absolute atomic E-state index is 13.2. The van der Waals surface area contributed by atoms with Crippen LogP contribution in [0.5, 0.6) is 6.01 Å². The van der Waals surface area contributed by atoms with Crippen LogP contribution in [0.1, 0.15) is 36.1 Å². The molecule has 47 heavy (non-hydrogen) atoms. The second-order valence-electron chi connectivity index (χ2n) is 12.6. The Labute approximate surface area is 275 Å². The summed E-state index contributed by atoms with van der Waals surface area (Å²) in [4.78, 5) is 29.5. The van der Waals surface area contributed by atoms with Crippen LogP contribution in [0.15, 0.2) is 72.8 Å². The lowest BCUT2D eigenvalue weighted by Crippen LogP contribution is -2.55. The van der Waals surface area contributed by atoms with Crippen LogP contribution in [-0.4, -0.2) is 72.9 Å². The normalized spacial score (nSPS) is 19.6. The van der Waals surface area contributed by atoms with Gasteiger partial charge >= 0.3 is 12.1 Å². The number of hydrogen-bond acceptors (Lipinski definition) is 9. The van der Waals surface area contributed by atoms with Crippen molar-refractivity contribution in [2.75, 3.05) is 55.7 Å². The lowest BCUT2D eigenvalue weighted by Gasteiger charge is -2.42. The molecule has 0 radical (unpaired) electrons. The number of carbonyl (C=O) groups is 1. The summed E-state index contributed by atoms with van der Waals surface area (Å²) in [6, 6.07) is 27.0. The lowest BCUT2D eigenvalue weighted by atomic mass is 10.0. The van der Waals surface area contributed by atoms with E-state index in [0.29, 0.717) is 44.7 Å². The summed E-state index contributed by atoms with van der Waals surface area (Å²) in [5.41, 5.74) is 4.20. The van der Waals surface area contributed by atoms with Gasteiger partial charge in [0.25, 0.3) is 0 Å². The van der Waals surface area contributed by atoms with Crippen molar-refractivity contribution in [2.45, 2.75) is 44.9 Å². The van der Waals surface area contributed by atoms with Crippen LogP contribution < -0.4 is 19.9 Å². The third-order valence-electron chi connectivity index (χ3n) is 9.53. The first-order valence-corrected chi connectivity index (χ1v) is 16.7. The van der Waals surface area contributed by atoms with Gasteiger partial charge in [-0.3, -0.25) is 0 Å². The Balaban J connectivity index is 1.14. The summed E-state index contributed by atoms with van der Waals surface area (Å²) >= 11 is 0. The van der Waals surface area contributed by atoms with E-state index < -0.39 is 6.09 Å². The number of aromatic nitrogens is 2. The monoisotopic (exact) mass is 631 g/mol. The Kier molecular flexibility index (Phi) is 9.33. The first kappa shape index (κ1) is 30.8. The van der Waals surface area contributed by atoms with E-state index >= 15 is 0 Å². The smallest absolute Gasteiger partial charge is 0.410 e. The van der Waals surface area contributed by atoms with E-state index in [0.717, 1.165) is 61.5 Å². The van der Waals surface area contributed by atoms with E-state index in [2.05, 4.69) is 63.7 Å². The second-order valence-corrected chi connectivity index (χ2v) is 12.6. The summed E-state index contributed by atoms with van der Waals surface area (Å²) in [5, 5.41) is 15.6. The number of nitrogens with one attached hydrogen (secondary N) is 1. The molecule has 1 aromatic heterocycles. The minimum atomic E-state index is -0.394. The van der Waals surface area contributed by atoms with Crippen molar-refractivity contribution in [1.82, 2.24) is 20.2 Å². The van der Waals surface area contributed by atoms with E-state index in [1.165, 1.54) is 16.5 Å². The summed E-state index contributed by atoms with van der Waals surface area (Å²) in [6.45, 7) is 5.72. The fourth-order valence-electron chi connectivity index (χ4n) is 7.03. The number of amides is 1. The SMILES string of the molecule is N#CCC1CN(c2nc(OCC3CCCNC3)nc3c2CCN(c2cccc4ccccc24)C3)CCN1C(=O)OCc1ccccc1. The molecule has 3 aliphatic heterocycles. The molecule has 0 aliphatic carbocycles. The molecule has 1 amide bonds. The van der Waals surface area contributed by atoms with Crippen molar-refractivity contribution in [2.24, 2.45) is 5.92 Å². The van der Waals surface area contributed by atoms with Gasteiger partial charge in [0.1, 0.15) is 12.4 Å². The summed E-state index contributed by atoms with van der Waals surface area (Å²) in [5.74, 6) is 1.27. The zero-order chi connectivity index (χ0) is 32.0. The van der Waals surface area contributed by atoms with Gasteiger partial charge in [0.2, 0.25) is 0 Å². The molecule has 2 fully saturated rings. The molecule has 3 aromatic carbocycles. The average Bonchev–Trinajstić information content (AvgIpc) is 3.13. The third kappa shape index (κ3) is 6.96. The van der Waals surface area contributed by atoms with Gasteiger partial charge in [0, 0.05) is 55.3 Å². The molecule has 0 bridgehead atoms. The van der Waals surface area contributed by atoms with Gasteiger partial charge in [-0.2, -0.15) is 15.2 Å². The van der Waals surface area contributed by atoms with Crippen LogP contribution in [-0.2, 0) is 24.3 Å². The molecule has 2 atom stereocenters. The zero-order valence-corrected chi connectivity index (χ0v) is 26.7. The number of piperidine rings is 1. The van der Waals surface area contributed by atoms with Crippen molar-refractivity contribution in [3.05, 3.63) is 89.6 Å². The quantitative estimate of drug-likeness (QED) is 0.277. The van der Waals surface area contributed by atoms with Gasteiger partial charge in [-0.15, -0.1) is 0 Å². The van der Waals surface area contributed by atoms with Gasteiger partial charge in [0.05, 0.1) is 37.4 Å². The van der Waals surface area contributed by atoms with E-state index in [9.17, 15) is 10.1 Å². The van der Waals surface area contributed by atoms with E-state index in [-0.39, 0.29) is 19.1 Å². The predicted molar refractivity (Wildman–Crippen MR) is 181 cm³/mol. The molecule has 7 rings (SSSR count). The van der Waals surface area contributed by atoms with Crippen LogP contribution in [0, 0.1) is 17.2 Å². The summed E-state index contributed by atoms with van der Waals surface area (Å²) < 4.78 is 12.0. The number of piperazine rings is 1. The molecule has 242 valence electrons. The van der Waals surface area contributed by atoms with Crippen molar-refractivity contribution in [3.63, 3.8) is 0 Å². The lowest BCUT2D eigenvalue weighted by molar-refractivity contribution is 0.0767. The molecule has 4 heterocycles. The number of nitrogens with zero attached hydrogens (tertiary/aromatic N) is 6. The van der Waals surface area contributed by atoms with Crippen LogP contribution in [0.4, 0.5) is 16.3 Å². The van der Waals surface area contributed by atoms with Gasteiger partial charge in [-0.05, 0) is 42.8 Å². The van der Waals surface area contributed by atoms with Crippen molar-refractivity contribution in [1.29, 1.82) is 5.26 Å². The average molecular weight is 632 g/mol.